The molecular weight excluding hydrogens is 262 g/mol. The van der Waals surface area contributed by atoms with Crippen molar-refractivity contribution < 1.29 is 10.0 Å². The van der Waals surface area contributed by atoms with Crippen LogP contribution in [0.25, 0.3) is 0 Å². The van der Waals surface area contributed by atoms with Gasteiger partial charge in [0.05, 0.1) is 6.04 Å². The Morgan fingerprint density at radius 2 is 2.00 bits per heavy atom. The lowest BCUT2D eigenvalue weighted by atomic mass is 10.1. The van der Waals surface area contributed by atoms with Crippen molar-refractivity contribution in [3.8, 4) is 0 Å². The van der Waals surface area contributed by atoms with Gasteiger partial charge in [-0.25, -0.2) is 4.79 Å². The number of anilines is 1. The first kappa shape index (κ1) is 15.4. The van der Waals surface area contributed by atoms with Crippen LogP contribution in [-0.4, -0.2) is 22.3 Å². The molecule has 0 aromatic heterocycles. The Balaban J connectivity index is 2.57. The van der Waals surface area contributed by atoms with Gasteiger partial charge in [0, 0.05) is 5.69 Å². The van der Waals surface area contributed by atoms with Gasteiger partial charge in [-0.15, -0.1) is 0 Å². The molecule has 4 N–H and O–H groups in total. The number of hydrogen-bond donors (Lipinski definition) is 4. The van der Waals surface area contributed by atoms with Gasteiger partial charge in [-0.2, -0.15) is 0 Å². The molecule has 0 aliphatic carbocycles. The van der Waals surface area contributed by atoms with Crippen LogP contribution >= 0.6 is 12.2 Å². The van der Waals surface area contributed by atoms with E-state index in [0.717, 1.165) is 12.0 Å². The summed E-state index contributed by atoms with van der Waals surface area (Å²) in [6.07, 6.45) is 1.50. The summed E-state index contributed by atoms with van der Waals surface area (Å²) in [5.41, 5.74) is 3.75. The van der Waals surface area contributed by atoms with E-state index in [0.29, 0.717) is 12.1 Å². The maximum absolute atomic E-state index is 11.8. The zero-order valence-electron chi connectivity index (χ0n) is 11.1. The summed E-state index contributed by atoms with van der Waals surface area (Å²) in [5, 5.41) is 14.2. The Labute approximate surface area is 118 Å². The highest BCUT2D eigenvalue weighted by Gasteiger charge is 2.15. The van der Waals surface area contributed by atoms with E-state index in [4.69, 9.17) is 17.4 Å². The molecule has 0 spiro atoms. The average molecular weight is 281 g/mol. The minimum Gasteiger partial charge on any atom is -0.329 e. The number of nitrogens with one attached hydrogen (secondary N) is 3. The van der Waals surface area contributed by atoms with Crippen LogP contribution in [0, 0.1) is 6.92 Å². The van der Waals surface area contributed by atoms with Crippen molar-refractivity contribution in [1.29, 1.82) is 0 Å². The molecule has 19 heavy (non-hydrogen) atoms. The highest BCUT2D eigenvalue weighted by Crippen LogP contribution is 2.08. The second-order valence-electron chi connectivity index (χ2n) is 4.28. The smallest absolute Gasteiger partial charge is 0.319 e. The third kappa shape index (κ3) is 5.23. The number of carbonyl (C=O) groups excluding carboxylic acids is 1. The third-order valence-corrected chi connectivity index (χ3v) is 2.99. The molecular formula is C13H19N3O2S. The maximum Gasteiger partial charge on any atom is 0.319 e. The molecule has 1 aromatic carbocycles. The zero-order chi connectivity index (χ0) is 14.3. The van der Waals surface area contributed by atoms with E-state index >= 15 is 0 Å². The lowest BCUT2D eigenvalue weighted by molar-refractivity contribution is 0.229. The van der Waals surface area contributed by atoms with Gasteiger partial charge >= 0.3 is 6.03 Å². The van der Waals surface area contributed by atoms with Gasteiger partial charge in [0.25, 0.3) is 0 Å². The Morgan fingerprint density at radius 3 is 2.53 bits per heavy atom. The fourth-order valence-electron chi connectivity index (χ4n) is 1.60. The molecule has 1 atom stereocenters. The second kappa shape index (κ2) is 7.70. The predicted octanol–water partition coefficient (Wildman–Crippen LogP) is 2.59. The number of hydroxylamine groups is 1. The Bertz CT molecular complexity index is 434. The SMILES string of the molecule is CCC[C@@H](NC(=O)Nc1ccc(C)cc1)C(=S)NO. The van der Waals surface area contributed by atoms with Crippen LogP contribution < -0.4 is 16.1 Å². The van der Waals surface area contributed by atoms with Crippen LogP contribution in [0.5, 0.6) is 0 Å². The Kier molecular flexibility index (Phi) is 6.24. The van der Waals surface area contributed by atoms with Crippen molar-refractivity contribution in [2.75, 3.05) is 5.32 Å². The summed E-state index contributed by atoms with van der Waals surface area (Å²) >= 11 is 4.94. The molecule has 0 saturated heterocycles. The average Bonchev–Trinajstić information content (AvgIpc) is 2.40. The van der Waals surface area contributed by atoms with Crippen molar-refractivity contribution in [2.45, 2.75) is 32.7 Å². The fraction of sp³-hybridized carbons (Fsp3) is 0.385. The number of carbonyl (C=O) groups is 1. The lowest BCUT2D eigenvalue weighted by Crippen LogP contribution is -2.46. The van der Waals surface area contributed by atoms with Crippen molar-refractivity contribution in [3.63, 3.8) is 0 Å². The maximum atomic E-state index is 11.8. The Hall–Kier alpha value is -1.66. The molecule has 0 fully saturated rings. The van der Waals surface area contributed by atoms with E-state index in [1.807, 2.05) is 43.6 Å². The molecule has 2 amide bonds. The molecule has 0 aliphatic heterocycles. The molecule has 5 nitrogen and oxygen atoms in total. The van der Waals surface area contributed by atoms with Crippen molar-refractivity contribution in [2.24, 2.45) is 0 Å². The van der Waals surface area contributed by atoms with Crippen LogP contribution in [0.4, 0.5) is 10.5 Å². The van der Waals surface area contributed by atoms with E-state index in [-0.39, 0.29) is 17.1 Å². The van der Waals surface area contributed by atoms with E-state index in [9.17, 15) is 4.79 Å². The van der Waals surface area contributed by atoms with Gasteiger partial charge in [-0.3, -0.25) is 10.7 Å². The monoisotopic (exact) mass is 281 g/mol. The normalized spacial score (nSPS) is 11.5. The van der Waals surface area contributed by atoms with Gasteiger partial charge in [0.1, 0.15) is 4.99 Å². The number of rotatable bonds is 5. The first-order valence-corrected chi connectivity index (χ1v) is 6.55. The first-order valence-electron chi connectivity index (χ1n) is 6.15. The summed E-state index contributed by atoms with van der Waals surface area (Å²) < 4.78 is 0. The van der Waals surface area contributed by atoms with Crippen molar-refractivity contribution >= 4 is 28.9 Å². The van der Waals surface area contributed by atoms with Crippen LogP contribution in [0.15, 0.2) is 24.3 Å². The van der Waals surface area contributed by atoms with Crippen LogP contribution in [0.2, 0.25) is 0 Å². The van der Waals surface area contributed by atoms with Crippen molar-refractivity contribution in [1.82, 2.24) is 10.8 Å². The highest BCUT2D eigenvalue weighted by atomic mass is 32.1. The van der Waals surface area contributed by atoms with Crippen LogP contribution in [0.3, 0.4) is 0 Å². The standard InChI is InChI=1S/C13H19N3O2S/c1-3-4-11(12(19)16-18)15-13(17)14-10-7-5-9(2)6-8-10/h5-8,11,18H,3-4H2,1-2H3,(H,16,19)(H2,14,15,17)/t11-/m1/s1. The summed E-state index contributed by atoms with van der Waals surface area (Å²) in [5.74, 6) is 0. The number of urea groups is 1. The number of aryl methyl sites for hydroxylation is 1. The molecule has 1 rings (SSSR count). The van der Waals surface area contributed by atoms with Gasteiger partial charge in [0.15, 0.2) is 0 Å². The van der Waals surface area contributed by atoms with E-state index in [1.54, 1.807) is 0 Å². The minimum absolute atomic E-state index is 0.209. The summed E-state index contributed by atoms with van der Waals surface area (Å²) in [4.78, 5) is 12.0. The van der Waals surface area contributed by atoms with Crippen molar-refractivity contribution in [3.05, 3.63) is 29.8 Å². The fourth-order valence-corrected chi connectivity index (χ4v) is 1.77. The number of hydrogen-bond acceptors (Lipinski definition) is 3. The summed E-state index contributed by atoms with van der Waals surface area (Å²) in [7, 11) is 0. The second-order valence-corrected chi connectivity index (χ2v) is 4.72. The number of benzene rings is 1. The molecule has 0 saturated carbocycles. The number of thiocarbonyl (C=S) groups is 1. The third-order valence-electron chi connectivity index (χ3n) is 2.62. The minimum atomic E-state index is -0.379. The van der Waals surface area contributed by atoms with Gasteiger partial charge in [-0.05, 0) is 25.5 Å². The largest absolute Gasteiger partial charge is 0.329 e. The molecule has 0 unspecified atom stereocenters. The summed E-state index contributed by atoms with van der Waals surface area (Å²) in [6, 6.07) is 6.76. The molecule has 0 bridgehead atoms. The predicted molar refractivity (Wildman–Crippen MR) is 79.5 cm³/mol. The van der Waals surface area contributed by atoms with Gasteiger partial charge < -0.3 is 10.6 Å². The lowest BCUT2D eigenvalue weighted by Gasteiger charge is -2.18. The topological polar surface area (TPSA) is 73.4 Å². The quantitative estimate of drug-likeness (QED) is 0.494. The molecule has 104 valence electrons. The van der Waals surface area contributed by atoms with Crippen LogP contribution in [0.1, 0.15) is 25.3 Å². The molecule has 0 heterocycles. The highest BCUT2D eigenvalue weighted by molar-refractivity contribution is 7.80. The summed E-state index contributed by atoms with van der Waals surface area (Å²) in [6.45, 7) is 3.96. The van der Waals surface area contributed by atoms with E-state index in [2.05, 4.69) is 10.6 Å². The van der Waals surface area contributed by atoms with Gasteiger partial charge in [0.2, 0.25) is 0 Å². The Morgan fingerprint density at radius 1 is 1.37 bits per heavy atom. The molecule has 1 aromatic rings. The first-order chi connectivity index (χ1) is 9.06. The number of amides is 2. The molecule has 0 radical (unpaired) electrons. The van der Waals surface area contributed by atoms with Crippen LogP contribution in [-0.2, 0) is 0 Å². The van der Waals surface area contributed by atoms with E-state index in [1.165, 1.54) is 0 Å². The zero-order valence-corrected chi connectivity index (χ0v) is 11.9. The van der Waals surface area contributed by atoms with Gasteiger partial charge in [-0.1, -0.05) is 43.3 Å². The molecule has 6 heteroatoms. The van der Waals surface area contributed by atoms with E-state index < -0.39 is 0 Å². The molecule has 0 aliphatic rings.